The zero-order valence-corrected chi connectivity index (χ0v) is 52.7. The van der Waals surface area contributed by atoms with Crippen molar-refractivity contribution in [1.82, 2.24) is 0 Å². The molecule has 0 unspecified atom stereocenters. The zero-order valence-electron chi connectivity index (χ0n) is 52.7. The Labute approximate surface area is 545 Å². The van der Waals surface area contributed by atoms with Gasteiger partial charge in [-0.05, 0) is 200 Å². The molecule has 0 amide bonds. The minimum atomic E-state index is -0.189. The van der Waals surface area contributed by atoms with E-state index in [0.29, 0.717) is 0 Å². The number of benzene rings is 15. The Hall–Kier alpha value is -11.2. The van der Waals surface area contributed by atoms with Crippen molar-refractivity contribution in [2.24, 2.45) is 0 Å². The Morgan fingerprint density at radius 1 is 0.183 bits per heavy atom. The predicted molar refractivity (Wildman–Crippen MR) is 389 cm³/mol. The summed E-state index contributed by atoms with van der Waals surface area (Å²) >= 11 is 0. The van der Waals surface area contributed by atoms with E-state index < -0.39 is 0 Å². The first kappa shape index (κ1) is 54.7. The van der Waals surface area contributed by atoms with Crippen molar-refractivity contribution in [1.29, 1.82) is 0 Å². The molecule has 0 fully saturated rings. The van der Waals surface area contributed by atoms with Crippen LogP contribution in [0, 0.1) is 27.7 Å². The van der Waals surface area contributed by atoms with Gasteiger partial charge in [-0.3, -0.25) is 0 Å². The van der Waals surface area contributed by atoms with Gasteiger partial charge >= 0.3 is 0 Å². The van der Waals surface area contributed by atoms with Crippen molar-refractivity contribution >= 4 is 21.5 Å². The number of hydrogen-bond acceptors (Lipinski definition) is 0. The Morgan fingerprint density at radius 2 is 0.462 bits per heavy atom. The van der Waals surface area contributed by atoms with Crippen LogP contribution in [0.5, 0.6) is 0 Å². The molecule has 438 valence electrons. The highest BCUT2D eigenvalue weighted by Gasteiger charge is 2.54. The summed E-state index contributed by atoms with van der Waals surface area (Å²) in [5.74, 6) is 0. The molecule has 0 radical (unpaired) electrons. The molecule has 15 aromatic rings. The maximum Gasteiger partial charge on any atom is 0.0725 e. The molecule has 6 aliphatic carbocycles. The lowest BCUT2D eigenvalue weighted by Gasteiger charge is -2.30. The molecular formula is C93H66. The van der Waals surface area contributed by atoms with Crippen molar-refractivity contribution in [3.8, 4) is 66.8 Å². The van der Waals surface area contributed by atoms with E-state index in [1.165, 1.54) is 177 Å². The molecule has 6 aliphatic rings. The Morgan fingerprint density at radius 3 is 0.882 bits per heavy atom. The third-order valence-electron chi connectivity index (χ3n) is 21.6. The molecule has 21 rings (SSSR count). The molecule has 0 heteroatoms. The van der Waals surface area contributed by atoms with E-state index in [1.807, 2.05) is 0 Å². The molecule has 0 aliphatic heterocycles. The predicted octanol–water partition coefficient (Wildman–Crippen LogP) is 23.3. The van der Waals surface area contributed by atoms with Crippen LogP contribution in [0.3, 0.4) is 0 Å². The second kappa shape index (κ2) is 20.9. The summed E-state index contributed by atoms with van der Waals surface area (Å²) < 4.78 is 0. The number of fused-ring (bicyclic) bond motifs is 32. The van der Waals surface area contributed by atoms with Crippen LogP contribution >= 0.6 is 0 Å². The standard InChI is InChI=1S/3C26H18.C15H12/c1-17-9-8-16-24-25(17)20-12-4-7-15-23(20)26(24)21-13-5-2-10-18(21)19-11-3-6-14-22(19)26;1-17-14-15-25-21(16-17)20-10-4-7-13-24(20)26(25)22-11-5-2-8-18(22)19-9-3-6-12-23(19)26;1-17-14-15-21-20-10-4-7-13-24(20)26(25(21)16-17)22-11-5-2-8-18(22)19-9-3-6-12-23(19)26;1-11-14-8-4-2-6-12(14)10-13-7-3-5-9-15(11)13/h3*2-16H,1H3;2-10H,1H3. The maximum atomic E-state index is 2.40. The SMILES string of the molecule is Cc1c2ccccc2cc2ccccc12.Cc1ccc2c(c1)-c1ccccc1C21c2ccccc2-c2ccccc21.Cc1ccc2c(c1)C1(c3ccccc3-c3ccccc31)c1ccccc1-2.Cc1cccc2c1-c1ccccc1C21c2ccccc2-c2ccccc21. The summed E-state index contributed by atoms with van der Waals surface area (Å²) in [5.41, 5.74) is 38.3. The lowest BCUT2D eigenvalue weighted by molar-refractivity contribution is 0.792. The van der Waals surface area contributed by atoms with E-state index in [1.54, 1.807) is 0 Å². The summed E-state index contributed by atoms with van der Waals surface area (Å²) in [6, 6.07) is 121. The Bertz CT molecular complexity index is 5280. The molecule has 15 aromatic carbocycles. The second-order valence-electron chi connectivity index (χ2n) is 26.2. The molecule has 0 saturated carbocycles. The highest BCUT2D eigenvalue weighted by Crippen LogP contribution is 2.66. The van der Waals surface area contributed by atoms with Gasteiger partial charge < -0.3 is 0 Å². The summed E-state index contributed by atoms with van der Waals surface area (Å²) in [6.45, 7) is 8.82. The second-order valence-corrected chi connectivity index (χ2v) is 26.2. The van der Waals surface area contributed by atoms with Crippen molar-refractivity contribution in [2.45, 2.75) is 43.9 Å². The number of aryl methyl sites for hydroxylation is 4. The lowest BCUT2D eigenvalue weighted by Crippen LogP contribution is -2.25. The lowest BCUT2D eigenvalue weighted by atomic mass is 9.70. The third-order valence-corrected chi connectivity index (χ3v) is 21.6. The topological polar surface area (TPSA) is 0 Å². The van der Waals surface area contributed by atoms with E-state index in [9.17, 15) is 0 Å². The highest BCUT2D eigenvalue weighted by molar-refractivity contribution is 6.03. The number of hydrogen-bond donors (Lipinski definition) is 0. The van der Waals surface area contributed by atoms with Gasteiger partial charge in [0.15, 0.2) is 0 Å². The largest absolute Gasteiger partial charge is 0.0725 e. The zero-order chi connectivity index (χ0) is 62.2. The van der Waals surface area contributed by atoms with Crippen LogP contribution < -0.4 is 0 Å². The maximum absolute atomic E-state index is 2.40. The van der Waals surface area contributed by atoms with Gasteiger partial charge in [-0.25, -0.2) is 0 Å². The Kier molecular flexibility index (Phi) is 12.3. The molecular weight excluding hydrogens is 1120 g/mol. The fourth-order valence-electron chi connectivity index (χ4n) is 18.0. The van der Waals surface area contributed by atoms with Gasteiger partial charge in [-0.15, -0.1) is 0 Å². The van der Waals surface area contributed by atoms with Gasteiger partial charge in [-0.2, -0.15) is 0 Å². The first-order valence-corrected chi connectivity index (χ1v) is 32.9. The van der Waals surface area contributed by atoms with Crippen molar-refractivity contribution in [3.05, 3.63) is 417 Å². The van der Waals surface area contributed by atoms with Crippen LogP contribution in [0.15, 0.2) is 328 Å². The first-order chi connectivity index (χ1) is 45.8. The van der Waals surface area contributed by atoms with E-state index in [-0.39, 0.29) is 16.2 Å². The van der Waals surface area contributed by atoms with Crippen molar-refractivity contribution < 1.29 is 0 Å². The van der Waals surface area contributed by atoms with E-state index in [2.05, 4.69) is 355 Å². The van der Waals surface area contributed by atoms with Crippen LogP contribution in [-0.4, -0.2) is 0 Å². The molecule has 93 heavy (non-hydrogen) atoms. The van der Waals surface area contributed by atoms with Crippen LogP contribution in [0.2, 0.25) is 0 Å². The normalized spacial score (nSPS) is 14.1. The van der Waals surface area contributed by atoms with Crippen molar-refractivity contribution in [3.63, 3.8) is 0 Å². The molecule has 0 aromatic heterocycles. The summed E-state index contributed by atoms with van der Waals surface area (Å²) in [4.78, 5) is 0. The van der Waals surface area contributed by atoms with Crippen LogP contribution in [0.25, 0.3) is 88.3 Å². The van der Waals surface area contributed by atoms with E-state index >= 15 is 0 Å². The third kappa shape index (κ3) is 7.55. The summed E-state index contributed by atoms with van der Waals surface area (Å²) in [7, 11) is 0. The molecule has 0 heterocycles. The fraction of sp³-hybridized carbons (Fsp3) is 0.0753. The molecule has 0 atom stereocenters. The smallest absolute Gasteiger partial charge is 0.0619 e. The van der Waals surface area contributed by atoms with Gasteiger partial charge in [0.2, 0.25) is 0 Å². The fourth-order valence-corrected chi connectivity index (χ4v) is 18.0. The minimum Gasteiger partial charge on any atom is -0.0619 e. The minimum absolute atomic E-state index is 0.188. The van der Waals surface area contributed by atoms with Gasteiger partial charge in [0, 0.05) is 0 Å². The monoisotopic (exact) mass is 1180 g/mol. The summed E-state index contributed by atoms with van der Waals surface area (Å²) in [5, 5.41) is 5.37. The Balaban J connectivity index is 0.0000000930. The highest BCUT2D eigenvalue weighted by atomic mass is 14.6. The van der Waals surface area contributed by atoms with Crippen molar-refractivity contribution in [2.75, 3.05) is 0 Å². The van der Waals surface area contributed by atoms with Gasteiger partial charge in [0.25, 0.3) is 0 Å². The molecule has 0 bridgehead atoms. The summed E-state index contributed by atoms with van der Waals surface area (Å²) in [6.07, 6.45) is 0. The van der Waals surface area contributed by atoms with Crippen LogP contribution in [-0.2, 0) is 16.2 Å². The van der Waals surface area contributed by atoms with Gasteiger partial charge in [0.05, 0.1) is 16.2 Å². The van der Waals surface area contributed by atoms with E-state index in [0.717, 1.165) is 0 Å². The quantitative estimate of drug-likeness (QED) is 0.133. The molecule has 0 N–H and O–H groups in total. The van der Waals surface area contributed by atoms with E-state index in [4.69, 9.17) is 0 Å². The van der Waals surface area contributed by atoms with Gasteiger partial charge in [0.1, 0.15) is 0 Å². The molecule has 0 nitrogen and oxygen atoms in total. The van der Waals surface area contributed by atoms with Crippen LogP contribution in [0.4, 0.5) is 0 Å². The average Bonchev–Trinajstić information content (AvgIpc) is 1.53. The average molecular weight is 1180 g/mol. The first-order valence-electron chi connectivity index (χ1n) is 32.9. The van der Waals surface area contributed by atoms with Gasteiger partial charge in [-0.1, -0.05) is 333 Å². The molecule has 0 saturated heterocycles. The van der Waals surface area contributed by atoms with Crippen LogP contribution in [0.1, 0.15) is 89.0 Å². The molecule has 3 spiro atoms. The number of rotatable bonds is 0.